The van der Waals surface area contributed by atoms with E-state index < -0.39 is 53.1 Å². The number of amides is 5. The van der Waals surface area contributed by atoms with E-state index in [0.717, 1.165) is 33.8 Å². The van der Waals surface area contributed by atoms with Crippen molar-refractivity contribution < 1.29 is 29.0 Å². The van der Waals surface area contributed by atoms with Gasteiger partial charge in [0.05, 0.1) is 37.2 Å². The number of carbonyl (C=O) groups is 4. The second kappa shape index (κ2) is 20.0. The Balaban J connectivity index is 1.42. The van der Waals surface area contributed by atoms with Crippen molar-refractivity contribution in [2.75, 3.05) is 20.2 Å². The number of pyridine rings is 2. The molecule has 2 aromatic carbocycles. The molecule has 4 N–H and O–H groups in total. The average Bonchev–Trinajstić information content (AvgIpc) is 3.54. The number of rotatable bonds is 16. The van der Waals surface area contributed by atoms with Crippen LogP contribution >= 0.6 is 0 Å². The van der Waals surface area contributed by atoms with E-state index in [1.807, 2.05) is 139 Å². The predicted octanol–water partition coefficient (Wildman–Crippen LogP) is 6.08. The molecule has 60 heavy (non-hydrogen) atoms. The Morgan fingerprint density at radius 1 is 0.783 bits per heavy atom. The maximum Gasteiger partial charge on any atom is 0.407 e. The molecule has 13 heteroatoms. The molecule has 5 atom stereocenters. The van der Waals surface area contributed by atoms with Gasteiger partial charge in [0.1, 0.15) is 12.1 Å². The van der Waals surface area contributed by atoms with Crippen LogP contribution in [-0.4, -0.2) is 99.3 Å². The highest BCUT2D eigenvalue weighted by atomic mass is 16.5. The number of hydrogen-bond donors (Lipinski definition) is 4. The quantitative estimate of drug-likeness (QED) is 0.106. The summed E-state index contributed by atoms with van der Waals surface area (Å²) in [6.07, 6.45) is 0.536. The molecule has 13 nitrogen and oxygen atoms in total. The molecule has 3 heterocycles. The third kappa shape index (κ3) is 12.4. The van der Waals surface area contributed by atoms with Crippen molar-refractivity contribution in [2.24, 2.45) is 10.8 Å². The Morgan fingerprint density at radius 3 is 2.08 bits per heavy atom. The van der Waals surface area contributed by atoms with Gasteiger partial charge in [0.15, 0.2) is 0 Å². The fraction of sp³-hybridized carbons (Fsp3) is 0.447. The van der Waals surface area contributed by atoms with Gasteiger partial charge in [-0.1, -0.05) is 108 Å². The number of carbonyl (C=O) groups excluding carboxylic acids is 4. The molecule has 0 bridgehead atoms. The highest BCUT2D eigenvalue weighted by molar-refractivity contribution is 5.89. The number of aliphatic hydroxyl groups excluding tert-OH is 1. The summed E-state index contributed by atoms with van der Waals surface area (Å²) in [4.78, 5) is 67.3. The summed E-state index contributed by atoms with van der Waals surface area (Å²) in [6.45, 7) is 14.3. The van der Waals surface area contributed by atoms with Crippen molar-refractivity contribution in [1.29, 1.82) is 0 Å². The second-order valence-corrected chi connectivity index (χ2v) is 17.8. The number of nitrogens with zero attached hydrogens (tertiary/aromatic N) is 4. The van der Waals surface area contributed by atoms with Crippen molar-refractivity contribution in [1.82, 2.24) is 35.7 Å². The van der Waals surface area contributed by atoms with Gasteiger partial charge in [-0.2, -0.15) is 0 Å². The van der Waals surface area contributed by atoms with Crippen molar-refractivity contribution >= 4 is 23.9 Å². The molecule has 1 aliphatic rings. The molecular formula is C47H61N7O6. The summed E-state index contributed by atoms with van der Waals surface area (Å²) in [5.41, 5.74) is 3.83. The van der Waals surface area contributed by atoms with Gasteiger partial charge in [-0.05, 0) is 72.4 Å². The maximum atomic E-state index is 14.6. The van der Waals surface area contributed by atoms with Crippen LogP contribution in [0.4, 0.5) is 9.59 Å². The summed E-state index contributed by atoms with van der Waals surface area (Å²) < 4.78 is 4.84. The van der Waals surface area contributed by atoms with Gasteiger partial charge in [-0.15, -0.1) is 0 Å². The molecule has 1 fully saturated rings. The molecule has 4 aromatic rings. The van der Waals surface area contributed by atoms with Crippen LogP contribution in [0, 0.1) is 17.8 Å². The molecule has 5 amide bonds. The normalized spacial score (nSPS) is 15.7. The van der Waals surface area contributed by atoms with Crippen LogP contribution in [0.1, 0.15) is 70.5 Å². The average molecular weight is 820 g/mol. The summed E-state index contributed by atoms with van der Waals surface area (Å²) in [6, 6.07) is 25.4. The van der Waals surface area contributed by atoms with Crippen LogP contribution in [0.15, 0.2) is 97.2 Å². The largest absolute Gasteiger partial charge is 0.453 e. The van der Waals surface area contributed by atoms with Crippen LogP contribution in [0.2, 0.25) is 0 Å². The number of aromatic nitrogens is 2. The minimum atomic E-state index is -1.15. The molecule has 320 valence electrons. The molecule has 0 spiro atoms. The number of benzene rings is 2. The second-order valence-electron chi connectivity index (χ2n) is 17.8. The van der Waals surface area contributed by atoms with E-state index in [0.29, 0.717) is 26.1 Å². The van der Waals surface area contributed by atoms with Gasteiger partial charge in [0.2, 0.25) is 11.8 Å². The maximum absolute atomic E-state index is 14.6. The van der Waals surface area contributed by atoms with Gasteiger partial charge >= 0.3 is 12.1 Å². The van der Waals surface area contributed by atoms with E-state index in [1.165, 1.54) is 7.11 Å². The number of alkyl carbamates (subject to hydrolysis) is 1. The zero-order valence-corrected chi connectivity index (χ0v) is 36.1. The van der Waals surface area contributed by atoms with Crippen molar-refractivity contribution in [3.63, 3.8) is 0 Å². The Morgan fingerprint density at radius 2 is 1.47 bits per heavy atom. The highest BCUT2D eigenvalue weighted by Gasteiger charge is 2.44. The Bertz CT molecular complexity index is 2050. The van der Waals surface area contributed by atoms with E-state index in [1.54, 1.807) is 16.0 Å². The fourth-order valence-electron chi connectivity index (χ4n) is 7.70. The number of methoxy groups -OCH3 is 1. The van der Waals surface area contributed by atoms with Crippen LogP contribution in [-0.2, 0) is 33.7 Å². The van der Waals surface area contributed by atoms with Gasteiger partial charge < -0.3 is 35.6 Å². The van der Waals surface area contributed by atoms with Gasteiger partial charge in [0.25, 0.3) is 0 Å². The number of ether oxygens (including phenoxy) is 1. The van der Waals surface area contributed by atoms with Crippen molar-refractivity contribution in [2.45, 2.75) is 105 Å². The van der Waals surface area contributed by atoms with E-state index in [-0.39, 0.29) is 24.8 Å². The van der Waals surface area contributed by atoms with Crippen molar-refractivity contribution in [3.05, 3.63) is 120 Å². The zero-order valence-electron chi connectivity index (χ0n) is 36.1. The topological polar surface area (TPSA) is 166 Å². The molecule has 0 saturated carbocycles. The number of nitrogens with one attached hydrogen (secondary N) is 3. The molecule has 0 aliphatic carbocycles. The van der Waals surface area contributed by atoms with E-state index in [4.69, 9.17) is 4.74 Å². The lowest BCUT2D eigenvalue weighted by Gasteiger charge is -2.38. The Hall–Kier alpha value is -5.82. The fourth-order valence-corrected chi connectivity index (χ4v) is 7.70. The van der Waals surface area contributed by atoms with E-state index in [2.05, 4.69) is 25.9 Å². The van der Waals surface area contributed by atoms with Crippen molar-refractivity contribution in [3.8, 4) is 11.3 Å². The number of aliphatic hydroxyl groups is 1. The number of hydrogen-bond acceptors (Lipinski definition) is 8. The SMILES string of the molecule is COC(=O)N[C@H](C(=O)N[C@@H](Cc1ccc(-c2ccccn2)cc1)C[C@@H](O)[C@H](Cc1ccccc1)NC(=O)[C@@H](N1CCN(Cc2cccc(C)n2)C1=O)C(C)(C)C)C(C)(C)C. The molecule has 1 aliphatic heterocycles. The summed E-state index contributed by atoms with van der Waals surface area (Å²) in [5.74, 6) is -0.822. The summed E-state index contributed by atoms with van der Waals surface area (Å²) in [5, 5.41) is 21.2. The van der Waals surface area contributed by atoms with Gasteiger partial charge in [-0.25, -0.2) is 9.59 Å². The van der Waals surface area contributed by atoms with Gasteiger partial charge in [-0.3, -0.25) is 19.6 Å². The van der Waals surface area contributed by atoms with Crippen LogP contribution < -0.4 is 16.0 Å². The monoisotopic (exact) mass is 819 g/mol. The van der Waals surface area contributed by atoms with E-state index >= 15 is 0 Å². The molecule has 0 radical (unpaired) electrons. The van der Waals surface area contributed by atoms with Crippen LogP contribution in [0.3, 0.4) is 0 Å². The smallest absolute Gasteiger partial charge is 0.407 e. The lowest BCUT2D eigenvalue weighted by atomic mass is 9.84. The predicted molar refractivity (Wildman–Crippen MR) is 232 cm³/mol. The van der Waals surface area contributed by atoms with Crippen LogP contribution in [0.25, 0.3) is 11.3 Å². The third-order valence-electron chi connectivity index (χ3n) is 10.7. The third-order valence-corrected chi connectivity index (χ3v) is 10.7. The molecule has 0 unspecified atom stereocenters. The minimum Gasteiger partial charge on any atom is -0.453 e. The standard InChI is InChI=1S/C47H61N7O6/c1-31-15-14-18-35(49-31)30-53-25-26-54(45(53)59)41(47(5,6)7)43(57)51-38(28-32-16-10-9-11-17-32)39(55)29-36(50-42(56)40(46(2,3)4)52-44(58)60-8)27-33-20-22-34(23-21-33)37-19-12-13-24-48-37/h9-24,36,38-41,55H,25-30H2,1-8H3,(H,50,56)(H,51,57)(H,52,58)/t36-,38-,39+,40+,41+/m0/s1. The van der Waals surface area contributed by atoms with E-state index in [9.17, 15) is 24.3 Å². The molecule has 5 rings (SSSR count). The number of urea groups is 1. The van der Waals surface area contributed by atoms with Gasteiger partial charge in [0, 0.05) is 36.6 Å². The molecular weight excluding hydrogens is 759 g/mol. The lowest BCUT2D eigenvalue weighted by Crippen LogP contribution is -2.59. The molecule has 2 aromatic heterocycles. The highest BCUT2D eigenvalue weighted by Crippen LogP contribution is 2.29. The molecule has 1 saturated heterocycles. The van der Waals surface area contributed by atoms with Crippen LogP contribution in [0.5, 0.6) is 0 Å². The summed E-state index contributed by atoms with van der Waals surface area (Å²) >= 11 is 0. The lowest BCUT2D eigenvalue weighted by molar-refractivity contribution is -0.131. The minimum absolute atomic E-state index is 0.0562. The zero-order chi connectivity index (χ0) is 43.6. The summed E-state index contributed by atoms with van der Waals surface area (Å²) in [7, 11) is 1.24. The first-order chi connectivity index (χ1) is 28.4. The first kappa shape index (κ1) is 45.3. The Kier molecular flexibility index (Phi) is 15.1. The number of aryl methyl sites for hydroxylation is 1. The first-order valence-electron chi connectivity index (χ1n) is 20.6. The first-order valence-corrected chi connectivity index (χ1v) is 20.6. The Labute approximate surface area is 354 Å².